The van der Waals surface area contributed by atoms with Crippen molar-refractivity contribution in [3.05, 3.63) is 21.4 Å². The molecule has 0 aromatic carbocycles. The number of carbonyl (C=O) groups excluding carboxylic acids is 2. The monoisotopic (exact) mass is 269 g/mol. The highest BCUT2D eigenvalue weighted by Crippen LogP contribution is 2.39. The highest BCUT2D eigenvalue weighted by Gasteiger charge is 2.35. The number of nitrogens with two attached hydrogens (primary N) is 1. The van der Waals surface area contributed by atoms with Crippen LogP contribution < -0.4 is 11.2 Å². The number of hydroxylamine groups is 1. The van der Waals surface area contributed by atoms with Gasteiger partial charge < -0.3 is 10.6 Å². The number of fused-ring (bicyclic) bond motifs is 1. The summed E-state index contributed by atoms with van der Waals surface area (Å²) >= 11 is 1.34. The van der Waals surface area contributed by atoms with Crippen molar-refractivity contribution in [1.29, 1.82) is 0 Å². The normalized spacial score (nSPS) is 17.2. The minimum absolute atomic E-state index is 0.249. The van der Waals surface area contributed by atoms with E-state index in [4.69, 9.17) is 10.9 Å². The first kappa shape index (κ1) is 12.8. The quantitative estimate of drug-likeness (QED) is 0.525. The van der Waals surface area contributed by atoms with Crippen LogP contribution in [-0.4, -0.2) is 28.6 Å². The molecule has 1 aliphatic heterocycles. The molecular formula is C11H15N3O3S. The summed E-state index contributed by atoms with van der Waals surface area (Å²) < 4.78 is 0. The van der Waals surface area contributed by atoms with Gasteiger partial charge in [-0.1, -0.05) is 13.8 Å². The first-order chi connectivity index (χ1) is 8.35. The number of primary amides is 1. The van der Waals surface area contributed by atoms with E-state index in [2.05, 4.69) is 0 Å². The number of hydrogen-bond acceptors (Lipinski definition) is 4. The fourth-order valence-corrected chi connectivity index (χ4v) is 3.41. The van der Waals surface area contributed by atoms with Gasteiger partial charge in [0.15, 0.2) is 0 Å². The maximum absolute atomic E-state index is 11.4. The van der Waals surface area contributed by atoms with E-state index in [1.807, 2.05) is 13.8 Å². The second-order valence-corrected chi connectivity index (χ2v) is 6.04. The van der Waals surface area contributed by atoms with E-state index < -0.39 is 11.9 Å². The maximum Gasteiger partial charge on any atom is 0.315 e. The van der Waals surface area contributed by atoms with Crippen LogP contribution in [-0.2, 0) is 12.0 Å². The number of carbonyl (C=O) groups is 2. The highest BCUT2D eigenvalue weighted by molar-refractivity contribution is 7.14. The molecule has 0 unspecified atom stereocenters. The average molecular weight is 269 g/mol. The summed E-state index contributed by atoms with van der Waals surface area (Å²) in [7, 11) is 0. The molecule has 3 amide bonds. The van der Waals surface area contributed by atoms with Gasteiger partial charge in [-0.2, -0.15) is 0 Å². The average Bonchev–Trinajstić information content (AvgIpc) is 2.72. The number of thiophene rings is 1. The van der Waals surface area contributed by atoms with Crippen molar-refractivity contribution in [2.24, 2.45) is 5.73 Å². The Labute approximate surface area is 108 Å². The van der Waals surface area contributed by atoms with Gasteiger partial charge in [-0.25, -0.2) is 10.3 Å². The van der Waals surface area contributed by atoms with Gasteiger partial charge in [0.05, 0.1) is 4.88 Å². The lowest BCUT2D eigenvalue weighted by Gasteiger charge is -2.36. The Hall–Kier alpha value is -1.60. The van der Waals surface area contributed by atoms with Crippen LogP contribution in [0.3, 0.4) is 0 Å². The third kappa shape index (κ3) is 2.06. The molecule has 18 heavy (non-hydrogen) atoms. The first-order valence-corrected chi connectivity index (χ1v) is 6.29. The number of hydrogen-bond donors (Lipinski definition) is 3. The van der Waals surface area contributed by atoms with Crippen molar-refractivity contribution in [1.82, 2.24) is 10.4 Å². The van der Waals surface area contributed by atoms with E-state index >= 15 is 0 Å². The largest absolute Gasteiger partial charge is 0.351 e. The van der Waals surface area contributed by atoms with Crippen molar-refractivity contribution >= 4 is 23.3 Å². The predicted molar refractivity (Wildman–Crippen MR) is 66.6 cm³/mol. The van der Waals surface area contributed by atoms with Gasteiger partial charge in [0, 0.05) is 23.4 Å². The Balaban J connectivity index is 2.42. The smallest absolute Gasteiger partial charge is 0.315 e. The molecule has 6 nitrogen and oxygen atoms in total. The van der Waals surface area contributed by atoms with E-state index in [9.17, 15) is 9.59 Å². The second-order valence-electron chi connectivity index (χ2n) is 4.98. The Morgan fingerprint density at radius 3 is 2.78 bits per heavy atom. The zero-order valence-corrected chi connectivity index (χ0v) is 11.0. The van der Waals surface area contributed by atoms with Crippen molar-refractivity contribution in [2.45, 2.75) is 25.8 Å². The molecule has 0 aliphatic carbocycles. The molecule has 0 saturated heterocycles. The summed E-state index contributed by atoms with van der Waals surface area (Å²) in [5.74, 6) is -0.532. The molecular weight excluding hydrogens is 254 g/mol. The minimum atomic E-state index is -0.532. The molecule has 0 saturated carbocycles. The van der Waals surface area contributed by atoms with Crippen LogP contribution in [0, 0.1) is 0 Å². The molecule has 1 aromatic heterocycles. The lowest BCUT2D eigenvalue weighted by molar-refractivity contribution is 0.0711. The molecule has 0 radical (unpaired) electrons. The predicted octanol–water partition coefficient (Wildman–Crippen LogP) is 1.04. The van der Waals surface area contributed by atoms with Crippen LogP contribution >= 0.6 is 11.3 Å². The van der Waals surface area contributed by atoms with Crippen LogP contribution in [0.5, 0.6) is 0 Å². The standard InChI is InChI=1S/C11H15N3O3S/c1-11(2)5-14(10(12)16)4-6-3-7(9(15)13-17)18-8(6)11/h3,17H,4-5H2,1-2H3,(H2,12,16)(H,13,15). The summed E-state index contributed by atoms with van der Waals surface area (Å²) in [6.07, 6.45) is 0. The fourth-order valence-electron chi connectivity index (χ4n) is 2.25. The van der Waals surface area contributed by atoms with E-state index in [0.29, 0.717) is 18.0 Å². The fraction of sp³-hybridized carbons (Fsp3) is 0.455. The molecule has 98 valence electrons. The van der Waals surface area contributed by atoms with Gasteiger partial charge >= 0.3 is 6.03 Å². The van der Waals surface area contributed by atoms with Crippen LogP contribution in [0.4, 0.5) is 4.79 Å². The molecule has 4 N–H and O–H groups in total. The molecule has 0 spiro atoms. The molecule has 0 atom stereocenters. The van der Waals surface area contributed by atoms with Crippen LogP contribution in [0.25, 0.3) is 0 Å². The van der Waals surface area contributed by atoms with E-state index in [0.717, 1.165) is 10.4 Å². The van der Waals surface area contributed by atoms with Crippen molar-refractivity contribution < 1.29 is 14.8 Å². The lowest BCUT2D eigenvalue weighted by atomic mass is 9.85. The zero-order chi connectivity index (χ0) is 13.5. The van der Waals surface area contributed by atoms with Crippen molar-refractivity contribution in [2.75, 3.05) is 6.54 Å². The molecule has 1 aliphatic rings. The molecule has 1 aromatic rings. The van der Waals surface area contributed by atoms with E-state index in [1.165, 1.54) is 11.3 Å². The number of nitrogens with zero attached hydrogens (tertiary/aromatic N) is 1. The van der Waals surface area contributed by atoms with Crippen LogP contribution in [0.1, 0.15) is 34.0 Å². The SMILES string of the molecule is CC1(C)CN(C(N)=O)Cc2cc(C(=O)NO)sc21. The zero-order valence-electron chi connectivity index (χ0n) is 10.2. The third-order valence-electron chi connectivity index (χ3n) is 3.01. The molecule has 2 rings (SSSR count). The molecule has 0 bridgehead atoms. The topological polar surface area (TPSA) is 95.7 Å². The summed E-state index contributed by atoms with van der Waals surface area (Å²) in [5.41, 5.74) is 7.59. The Morgan fingerprint density at radius 2 is 2.22 bits per heavy atom. The number of amides is 3. The molecule has 0 fully saturated rings. The van der Waals surface area contributed by atoms with E-state index in [1.54, 1.807) is 16.4 Å². The minimum Gasteiger partial charge on any atom is -0.351 e. The van der Waals surface area contributed by atoms with Gasteiger partial charge in [0.2, 0.25) is 0 Å². The molecule has 7 heteroatoms. The van der Waals surface area contributed by atoms with Crippen molar-refractivity contribution in [3.8, 4) is 0 Å². The van der Waals surface area contributed by atoms with Gasteiger partial charge in [-0.05, 0) is 11.6 Å². The van der Waals surface area contributed by atoms with Crippen molar-refractivity contribution in [3.63, 3.8) is 0 Å². The second kappa shape index (κ2) is 4.25. The van der Waals surface area contributed by atoms with Gasteiger partial charge in [-0.15, -0.1) is 11.3 Å². The first-order valence-electron chi connectivity index (χ1n) is 5.47. The lowest BCUT2D eigenvalue weighted by Crippen LogP contribution is -2.46. The van der Waals surface area contributed by atoms with E-state index in [-0.39, 0.29) is 5.41 Å². The summed E-state index contributed by atoms with van der Waals surface area (Å²) in [5, 5.41) is 8.64. The van der Waals surface area contributed by atoms with Crippen LogP contribution in [0.2, 0.25) is 0 Å². The summed E-state index contributed by atoms with van der Waals surface area (Å²) in [4.78, 5) is 25.7. The van der Waals surface area contributed by atoms with Gasteiger partial charge in [0.1, 0.15) is 0 Å². The summed E-state index contributed by atoms with van der Waals surface area (Å²) in [6, 6.07) is 1.23. The highest BCUT2D eigenvalue weighted by atomic mass is 32.1. The van der Waals surface area contributed by atoms with Gasteiger partial charge in [0.25, 0.3) is 5.91 Å². The number of nitrogens with one attached hydrogen (secondary N) is 1. The van der Waals surface area contributed by atoms with Gasteiger partial charge in [-0.3, -0.25) is 10.0 Å². The summed E-state index contributed by atoms with van der Waals surface area (Å²) in [6.45, 7) is 4.93. The maximum atomic E-state index is 11.4. The Kier molecular flexibility index (Phi) is 3.04. The third-order valence-corrected chi connectivity index (χ3v) is 4.55. The van der Waals surface area contributed by atoms with Crippen LogP contribution in [0.15, 0.2) is 6.07 Å². The number of urea groups is 1. The molecule has 2 heterocycles. The Bertz CT molecular complexity index is 510. The Morgan fingerprint density at radius 1 is 1.56 bits per heavy atom. The number of rotatable bonds is 1.